The Hall–Kier alpha value is -4.33. The van der Waals surface area contributed by atoms with Gasteiger partial charge in [-0.25, -0.2) is 4.99 Å². The summed E-state index contributed by atoms with van der Waals surface area (Å²) in [7, 11) is 3.16. The minimum Gasteiger partial charge on any atom is -0.497 e. The van der Waals surface area contributed by atoms with E-state index in [1.807, 2.05) is 60.7 Å². The highest BCUT2D eigenvalue weighted by Crippen LogP contribution is 2.14. The number of methoxy groups -OCH3 is 2. The first-order valence-electron chi connectivity index (χ1n) is 11.2. The van der Waals surface area contributed by atoms with Crippen molar-refractivity contribution in [1.82, 2.24) is 10.6 Å². The van der Waals surface area contributed by atoms with E-state index in [-0.39, 0.29) is 24.2 Å². The molecule has 8 nitrogen and oxygen atoms in total. The van der Waals surface area contributed by atoms with E-state index in [1.165, 1.54) is 0 Å². The number of aliphatic imine (C=N–C) groups is 1. The number of nitrogens with two attached hydrogens (primary N) is 1. The summed E-state index contributed by atoms with van der Waals surface area (Å²) < 4.78 is 10.4. The lowest BCUT2D eigenvalue weighted by molar-refractivity contribution is -0.122. The number of nitrogens with zero attached hydrogens (tertiary/aromatic N) is 1. The molecule has 0 heterocycles. The normalized spacial score (nSPS) is 11.9. The monoisotopic (exact) mass is 474 g/mol. The summed E-state index contributed by atoms with van der Waals surface area (Å²) >= 11 is 0. The highest BCUT2D eigenvalue weighted by atomic mass is 16.5. The summed E-state index contributed by atoms with van der Waals surface area (Å²) in [6.45, 7) is 0.305. The fourth-order valence-electron chi connectivity index (χ4n) is 3.48. The summed E-state index contributed by atoms with van der Waals surface area (Å²) in [5.74, 6) is 0.609. The van der Waals surface area contributed by atoms with E-state index in [0.717, 1.165) is 16.7 Å². The molecular weight excluding hydrogens is 444 g/mol. The number of amides is 2. The van der Waals surface area contributed by atoms with Crippen LogP contribution in [0.5, 0.6) is 11.5 Å². The Morgan fingerprint density at radius 3 is 2.11 bits per heavy atom. The topological polar surface area (TPSA) is 115 Å². The SMILES string of the molecule is COc1cccc(CNC(=O)[C@@H](Cc2ccccc2)N=C(N)NC(=O)Cc2cccc(OC)c2)c1. The Kier molecular flexibility index (Phi) is 9.24. The third-order valence-electron chi connectivity index (χ3n) is 5.24. The van der Waals surface area contributed by atoms with E-state index >= 15 is 0 Å². The van der Waals surface area contributed by atoms with Crippen molar-refractivity contribution < 1.29 is 19.1 Å². The second kappa shape index (κ2) is 12.8. The zero-order valence-electron chi connectivity index (χ0n) is 19.9. The number of hydrogen-bond donors (Lipinski definition) is 3. The number of carbonyl (C=O) groups excluding carboxylic acids is 2. The van der Waals surface area contributed by atoms with Gasteiger partial charge in [0.15, 0.2) is 5.96 Å². The smallest absolute Gasteiger partial charge is 0.245 e. The van der Waals surface area contributed by atoms with E-state index < -0.39 is 6.04 Å². The van der Waals surface area contributed by atoms with Gasteiger partial charge in [-0.2, -0.15) is 0 Å². The van der Waals surface area contributed by atoms with E-state index in [4.69, 9.17) is 15.2 Å². The summed E-state index contributed by atoms with van der Waals surface area (Å²) in [4.78, 5) is 29.8. The van der Waals surface area contributed by atoms with Crippen LogP contribution in [0.2, 0.25) is 0 Å². The van der Waals surface area contributed by atoms with Crippen molar-refractivity contribution in [3.8, 4) is 11.5 Å². The molecule has 3 aromatic rings. The van der Waals surface area contributed by atoms with Crippen LogP contribution in [-0.2, 0) is 29.0 Å². The largest absolute Gasteiger partial charge is 0.497 e. The third kappa shape index (κ3) is 8.19. The van der Waals surface area contributed by atoms with Gasteiger partial charge in [-0.05, 0) is 41.0 Å². The molecule has 0 aliphatic carbocycles. The lowest BCUT2D eigenvalue weighted by Crippen LogP contribution is -2.42. The molecule has 182 valence electrons. The van der Waals surface area contributed by atoms with Crippen molar-refractivity contribution in [3.05, 3.63) is 95.6 Å². The Balaban J connectivity index is 1.68. The molecule has 0 spiro atoms. The van der Waals surface area contributed by atoms with Gasteiger partial charge in [0.2, 0.25) is 11.8 Å². The Morgan fingerprint density at radius 2 is 1.46 bits per heavy atom. The predicted molar refractivity (Wildman–Crippen MR) is 135 cm³/mol. The van der Waals surface area contributed by atoms with Gasteiger partial charge in [0.25, 0.3) is 0 Å². The third-order valence-corrected chi connectivity index (χ3v) is 5.24. The molecule has 8 heteroatoms. The molecule has 0 bridgehead atoms. The molecule has 0 fully saturated rings. The van der Waals surface area contributed by atoms with Crippen molar-refractivity contribution in [2.45, 2.75) is 25.4 Å². The molecule has 0 aromatic heterocycles. The summed E-state index contributed by atoms with van der Waals surface area (Å²) in [5, 5.41) is 5.48. The van der Waals surface area contributed by atoms with Crippen LogP contribution < -0.4 is 25.8 Å². The average molecular weight is 475 g/mol. The van der Waals surface area contributed by atoms with Crippen molar-refractivity contribution in [2.75, 3.05) is 14.2 Å². The Bertz CT molecular complexity index is 1160. The number of benzene rings is 3. The molecule has 0 radical (unpaired) electrons. The van der Waals surface area contributed by atoms with Crippen molar-refractivity contribution in [1.29, 1.82) is 0 Å². The molecule has 0 aliphatic heterocycles. The first kappa shape index (κ1) is 25.3. The summed E-state index contributed by atoms with van der Waals surface area (Å²) in [5.41, 5.74) is 8.60. The second-order valence-electron chi connectivity index (χ2n) is 7.87. The lowest BCUT2D eigenvalue weighted by Gasteiger charge is -2.15. The van der Waals surface area contributed by atoms with Crippen LogP contribution >= 0.6 is 0 Å². The van der Waals surface area contributed by atoms with Crippen LogP contribution in [0.3, 0.4) is 0 Å². The fraction of sp³-hybridized carbons (Fsp3) is 0.222. The van der Waals surface area contributed by atoms with Gasteiger partial charge in [-0.1, -0.05) is 54.6 Å². The molecule has 0 saturated carbocycles. The van der Waals surface area contributed by atoms with Gasteiger partial charge in [0, 0.05) is 13.0 Å². The highest BCUT2D eigenvalue weighted by molar-refractivity contribution is 5.98. The fourth-order valence-corrected chi connectivity index (χ4v) is 3.48. The van der Waals surface area contributed by atoms with Gasteiger partial charge < -0.3 is 20.5 Å². The quantitative estimate of drug-likeness (QED) is 0.309. The number of hydrogen-bond acceptors (Lipinski definition) is 5. The minimum atomic E-state index is -0.819. The molecule has 0 saturated heterocycles. The first-order chi connectivity index (χ1) is 17.0. The first-order valence-corrected chi connectivity index (χ1v) is 11.2. The maximum Gasteiger partial charge on any atom is 0.245 e. The Morgan fingerprint density at radius 1 is 0.857 bits per heavy atom. The Labute approximate surface area is 205 Å². The molecule has 4 N–H and O–H groups in total. The standard InChI is InChI=1S/C27H30N4O4/c1-34-22-12-6-10-20(14-22)17-25(32)31-27(28)30-24(16-19-8-4-3-5-9-19)26(33)29-18-21-11-7-13-23(15-21)35-2/h3-15,24H,16-18H2,1-2H3,(H,29,33)(H3,28,30,31,32)/t24-/m1/s1. The van der Waals surface area contributed by atoms with Crippen LogP contribution in [0.15, 0.2) is 83.9 Å². The average Bonchev–Trinajstić information content (AvgIpc) is 2.87. The predicted octanol–water partition coefficient (Wildman–Crippen LogP) is 2.60. The number of nitrogens with one attached hydrogen (secondary N) is 2. The molecule has 2 amide bonds. The number of guanidine groups is 1. The number of rotatable bonds is 10. The molecular formula is C27H30N4O4. The zero-order valence-corrected chi connectivity index (χ0v) is 19.9. The van der Waals surface area contributed by atoms with Crippen molar-refractivity contribution in [2.24, 2.45) is 10.7 Å². The van der Waals surface area contributed by atoms with E-state index in [9.17, 15) is 9.59 Å². The van der Waals surface area contributed by atoms with Crippen LogP contribution in [0, 0.1) is 0 Å². The lowest BCUT2D eigenvalue weighted by atomic mass is 10.1. The summed E-state index contributed by atoms with van der Waals surface area (Å²) in [6, 6.07) is 23.3. The van der Waals surface area contributed by atoms with Crippen molar-refractivity contribution >= 4 is 17.8 Å². The molecule has 3 aromatic carbocycles. The van der Waals surface area contributed by atoms with Crippen LogP contribution in [0.25, 0.3) is 0 Å². The van der Waals surface area contributed by atoms with Crippen LogP contribution in [-0.4, -0.2) is 38.0 Å². The number of carbonyl (C=O) groups is 2. The zero-order chi connectivity index (χ0) is 25.0. The van der Waals surface area contributed by atoms with Gasteiger partial charge in [-0.15, -0.1) is 0 Å². The van der Waals surface area contributed by atoms with E-state index in [0.29, 0.717) is 24.5 Å². The van der Waals surface area contributed by atoms with Crippen LogP contribution in [0.1, 0.15) is 16.7 Å². The maximum atomic E-state index is 13.0. The number of ether oxygens (including phenoxy) is 2. The molecule has 0 aliphatic rings. The van der Waals surface area contributed by atoms with Gasteiger partial charge >= 0.3 is 0 Å². The van der Waals surface area contributed by atoms with E-state index in [1.54, 1.807) is 32.4 Å². The maximum absolute atomic E-state index is 13.0. The van der Waals surface area contributed by atoms with Crippen molar-refractivity contribution in [3.63, 3.8) is 0 Å². The van der Waals surface area contributed by atoms with Gasteiger partial charge in [0.1, 0.15) is 17.5 Å². The van der Waals surface area contributed by atoms with Gasteiger partial charge in [0.05, 0.1) is 20.6 Å². The molecule has 3 rings (SSSR count). The molecule has 0 unspecified atom stereocenters. The van der Waals surface area contributed by atoms with Crippen LogP contribution in [0.4, 0.5) is 0 Å². The summed E-state index contributed by atoms with van der Waals surface area (Å²) in [6.07, 6.45) is 0.427. The van der Waals surface area contributed by atoms with E-state index in [2.05, 4.69) is 15.6 Å². The molecule has 1 atom stereocenters. The molecule has 35 heavy (non-hydrogen) atoms. The highest BCUT2D eigenvalue weighted by Gasteiger charge is 2.19. The minimum absolute atomic E-state index is 0.0960. The van der Waals surface area contributed by atoms with Gasteiger partial charge in [-0.3, -0.25) is 14.9 Å². The second-order valence-corrected chi connectivity index (χ2v) is 7.87.